The Balaban J connectivity index is 1.33. The van der Waals surface area contributed by atoms with Crippen molar-refractivity contribution in [2.45, 2.75) is 32.2 Å². The van der Waals surface area contributed by atoms with Gasteiger partial charge in [-0.2, -0.15) is 0 Å². The van der Waals surface area contributed by atoms with Crippen LogP contribution >= 0.6 is 0 Å². The third-order valence-corrected chi connectivity index (χ3v) is 6.79. The number of nitrogens with one attached hydrogen (secondary N) is 1. The van der Waals surface area contributed by atoms with Crippen LogP contribution in [0.2, 0.25) is 0 Å². The maximum absolute atomic E-state index is 13.4. The first-order valence-corrected chi connectivity index (χ1v) is 12.3. The number of methoxy groups -OCH3 is 2. The van der Waals surface area contributed by atoms with E-state index in [0.717, 1.165) is 19.3 Å². The number of hydrogen-bond donors (Lipinski definition) is 1. The molecule has 37 heavy (non-hydrogen) atoms. The van der Waals surface area contributed by atoms with Crippen molar-refractivity contribution in [1.82, 2.24) is 5.32 Å². The fourth-order valence-electron chi connectivity index (χ4n) is 4.99. The lowest BCUT2D eigenvalue weighted by atomic mass is 9.88. The normalized spacial score (nSPS) is 14.6. The molecule has 7 nitrogen and oxygen atoms in total. The monoisotopic (exact) mass is 499 g/mol. The van der Waals surface area contributed by atoms with Crippen molar-refractivity contribution in [2.24, 2.45) is 0 Å². The molecule has 7 heteroatoms. The average Bonchev–Trinajstić information content (AvgIpc) is 2.92. The summed E-state index contributed by atoms with van der Waals surface area (Å²) in [6.07, 6.45) is 2.98. The van der Waals surface area contributed by atoms with E-state index in [9.17, 15) is 9.59 Å². The van der Waals surface area contributed by atoms with E-state index in [-0.39, 0.29) is 24.0 Å². The summed E-state index contributed by atoms with van der Waals surface area (Å²) in [5, 5.41) is 3.51. The molecule has 0 radical (unpaired) electrons. The Hall–Kier alpha value is -4.26. The number of aryl methyl sites for hydroxylation is 2. The zero-order valence-electron chi connectivity index (χ0n) is 21.1. The van der Waals surface area contributed by atoms with E-state index < -0.39 is 0 Å². The van der Waals surface area contributed by atoms with Crippen molar-refractivity contribution < 1.29 is 23.4 Å². The molecule has 1 amide bonds. The lowest BCUT2D eigenvalue weighted by molar-refractivity contribution is -0.123. The number of rotatable bonds is 7. The smallest absolute Gasteiger partial charge is 0.258 e. The first kappa shape index (κ1) is 24.4. The Morgan fingerprint density at radius 1 is 1.03 bits per heavy atom. The second kappa shape index (κ2) is 10.4. The molecule has 0 saturated carbocycles. The minimum absolute atomic E-state index is 0.00618. The van der Waals surface area contributed by atoms with Gasteiger partial charge in [0.25, 0.3) is 5.91 Å². The summed E-state index contributed by atoms with van der Waals surface area (Å²) in [6, 6.07) is 18.5. The molecule has 1 aromatic heterocycles. The molecule has 0 spiro atoms. The summed E-state index contributed by atoms with van der Waals surface area (Å²) in [7, 11) is 3.11. The van der Waals surface area contributed by atoms with Gasteiger partial charge in [0.1, 0.15) is 17.1 Å². The standard InChI is InChI=1S/C30H29NO6/c1-18-29(20-11-14-25(34-2)27(15-20)35-3)30(33)23-13-12-21(16-26(23)37-18)36-17-28(32)31-24-10-6-8-19-7-4-5-9-22(19)24/h4-5,7,9,11-16,24H,6,8,10,17H2,1-3H3,(H,31,32)/t24-/m1/s1. The van der Waals surface area contributed by atoms with Crippen molar-refractivity contribution in [3.8, 4) is 28.4 Å². The van der Waals surface area contributed by atoms with Gasteiger partial charge >= 0.3 is 0 Å². The maximum atomic E-state index is 13.4. The Bertz CT molecular complexity index is 1520. The van der Waals surface area contributed by atoms with Crippen LogP contribution in [0.4, 0.5) is 0 Å². The Labute approximate surface area is 215 Å². The first-order valence-electron chi connectivity index (χ1n) is 12.3. The van der Waals surface area contributed by atoms with Gasteiger partial charge in [-0.05, 0) is 67.1 Å². The predicted molar refractivity (Wildman–Crippen MR) is 142 cm³/mol. The molecular formula is C30H29NO6. The summed E-state index contributed by atoms with van der Waals surface area (Å²) in [6.45, 7) is 1.62. The first-order chi connectivity index (χ1) is 18.0. The number of benzene rings is 3. The molecule has 0 unspecified atom stereocenters. The van der Waals surface area contributed by atoms with Gasteiger partial charge < -0.3 is 23.9 Å². The lowest BCUT2D eigenvalue weighted by Gasteiger charge is -2.26. The molecule has 190 valence electrons. The Morgan fingerprint density at radius 2 is 1.84 bits per heavy atom. The van der Waals surface area contributed by atoms with Gasteiger partial charge in [0, 0.05) is 6.07 Å². The number of fused-ring (bicyclic) bond motifs is 2. The second-order valence-corrected chi connectivity index (χ2v) is 9.09. The van der Waals surface area contributed by atoms with Crippen molar-refractivity contribution >= 4 is 16.9 Å². The van der Waals surface area contributed by atoms with Crippen LogP contribution in [0, 0.1) is 6.92 Å². The zero-order chi connectivity index (χ0) is 25.9. The highest BCUT2D eigenvalue weighted by Crippen LogP contribution is 2.34. The molecule has 1 atom stereocenters. The van der Waals surface area contributed by atoms with E-state index in [1.165, 1.54) is 11.1 Å². The van der Waals surface area contributed by atoms with Gasteiger partial charge in [-0.1, -0.05) is 30.3 Å². The molecule has 4 aromatic rings. The largest absolute Gasteiger partial charge is 0.493 e. The summed E-state index contributed by atoms with van der Waals surface area (Å²) in [5.41, 5.74) is 3.82. The van der Waals surface area contributed by atoms with Gasteiger partial charge in [-0.3, -0.25) is 9.59 Å². The molecule has 3 aromatic carbocycles. The molecular weight excluding hydrogens is 470 g/mol. The van der Waals surface area contributed by atoms with Crippen LogP contribution in [-0.2, 0) is 11.2 Å². The van der Waals surface area contributed by atoms with Gasteiger partial charge in [-0.25, -0.2) is 0 Å². The van der Waals surface area contributed by atoms with Crippen LogP contribution in [0.25, 0.3) is 22.1 Å². The van der Waals surface area contributed by atoms with E-state index in [2.05, 4.69) is 17.4 Å². The number of carbonyl (C=O) groups is 1. The summed E-state index contributed by atoms with van der Waals surface area (Å²) >= 11 is 0. The molecule has 1 aliphatic carbocycles. The summed E-state index contributed by atoms with van der Waals surface area (Å²) in [5.74, 6) is 1.83. The van der Waals surface area contributed by atoms with E-state index in [0.29, 0.717) is 45.1 Å². The van der Waals surface area contributed by atoms with E-state index in [1.54, 1.807) is 57.5 Å². The summed E-state index contributed by atoms with van der Waals surface area (Å²) < 4.78 is 22.5. The number of carbonyl (C=O) groups excluding carboxylic acids is 1. The Kier molecular flexibility index (Phi) is 6.86. The highest BCUT2D eigenvalue weighted by atomic mass is 16.5. The SMILES string of the molecule is COc1ccc(-c2c(C)oc3cc(OCC(=O)N[C@@H]4CCCc5ccccc54)ccc3c2=O)cc1OC. The zero-order valence-corrected chi connectivity index (χ0v) is 21.1. The van der Waals surface area contributed by atoms with Crippen molar-refractivity contribution in [1.29, 1.82) is 0 Å². The Morgan fingerprint density at radius 3 is 2.65 bits per heavy atom. The third kappa shape index (κ3) is 4.89. The minimum atomic E-state index is -0.191. The number of hydrogen-bond acceptors (Lipinski definition) is 6. The average molecular weight is 500 g/mol. The second-order valence-electron chi connectivity index (χ2n) is 9.09. The van der Waals surface area contributed by atoms with Gasteiger partial charge in [0.05, 0.1) is 31.2 Å². The fourth-order valence-corrected chi connectivity index (χ4v) is 4.99. The van der Waals surface area contributed by atoms with Crippen LogP contribution in [0.1, 0.15) is 35.8 Å². The molecule has 0 fully saturated rings. The van der Waals surface area contributed by atoms with E-state index >= 15 is 0 Å². The van der Waals surface area contributed by atoms with Crippen LogP contribution in [0.5, 0.6) is 17.2 Å². The van der Waals surface area contributed by atoms with Crippen LogP contribution < -0.4 is 25.0 Å². The van der Waals surface area contributed by atoms with Crippen LogP contribution in [-0.4, -0.2) is 26.7 Å². The molecule has 5 rings (SSSR count). The molecule has 1 N–H and O–H groups in total. The van der Waals surface area contributed by atoms with Crippen molar-refractivity contribution in [3.05, 3.63) is 87.8 Å². The molecule has 0 aliphatic heterocycles. The molecule has 1 aliphatic rings. The van der Waals surface area contributed by atoms with Crippen LogP contribution in [0.15, 0.2) is 69.9 Å². The molecule has 1 heterocycles. The molecule has 0 saturated heterocycles. The topological polar surface area (TPSA) is 87.0 Å². The van der Waals surface area contributed by atoms with E-state index in [4.69, 9.17) is 18.6 Å². The molecule has 0 bridgehead atoms. The summed E-state index contributed by atoms with van der Waals surface area (Å²) in [4.78, 5) is 26.0. The van der Waals surface area contributed by atoms with Gasteiger partial charge in [0.15, 0.2) is 18.1 Å². The lowest BCUT2D eigenvalue weighted by Crippen LogP contribution is -2.34. The third-order valence-electron chi connectivity index (χ3n) is 6.79. The van der Waals surface area contributed by atoms with E-state index in [1.807, 2.05) is 12.1 Å². The predicted octanol–water partition coefficient (Wildman–Crippen LogP) is 5.36. The van der Waals surface area contributed by atoms with Crippen molar-refractivity contribution in [2.75, 3.05) is 20.8 Å². The fraction of sp³-hybridized carbons (Fsp3) is 0.267. The van der Waals surface area contributed by atoms with Gasteiger partial charge in [-0.15, -0.1) is 0 Å². The van der Waals surface area contributed by atoms with Gasteiger partial charge in [0.2, 0.25) is 5.43 Å². The number of amides is 1. The maximum Gasteiger partial charge on any atom is 0.258 e. The minimum Gasteiger partial charge on any atom is -0.493 e. The van der Waals surface area contributed by atoms with Crippen molar-refractivity contribution in [3.63, 3.8) is 0 Å². The number of ether oxygens (including phenoxy) is 3. The van der Waals surface area contributed by atoms with Crippen LogP contribution in [0.3, 0.4) is 0 Å². The quantitative estimate of drug-likeness (QED) is 0.369. The highest BCUT2D eigenvalue weighted by Gasteiger charge is 2.22. The highest BCUT2D eigenvalue weighted by molar-refractivity contribution is 5.84.